The molecule has 1 unspecified atom stereocenters. The number of benzene rings is 4. The Morgan fingerprint density at radius 1 is 0.833 bits per heavy atom. The van der Waals surface area contributed by atoms with Gasteiger partial charge in [-0.3, -0.25) is 4.79 Å². The lowest BCUT2D eigenvalue weighted by Gasteiger charge is -2.18. The lowest BCUT2D eigenvalue weighted by Crippen LogP contribution is -2.35. The van der Waals surface area contributed by atoms with E-state index >= 15 is 0 Å². The van der Waals surface area contributed by atoms with Gasteiger partial charge in [0.15, 0.2) is 0 Å². The molecule has 6 nitrogen and oxygen atoms in total. The molecule has 0 spiro atoms. The zero-order valence-electron chi connectivity index (χ0n) is 18.8. The van der Waals surface area contributed by atoms with Crippen molar-refractivity contribution >= 4 is 37.7 Å². The number of nitrogens with one attached hydrogen (secondary N) is 1. The van der Waals surface area contributed by atoms with E-state index in [-0.39, 0.29) is 16.9 Å². The van der Waals surface area contributed by atoms with E-state index in [9.17, 15) is 22.4 Å². The van der Waals surface area contributed by atoms with E-state index in [1.807, 2.05) is 36.4 Å². The molecule has 1 N–H and O–H groups in total. The first-order valence-electron chi connectivity index (χ1n) is 11.1. The van der Waals surface area contributed by atoms with E-state index in [4.69, 9.17) is 4.42 Å². The van der Waals surface area contributed by atoms with Gasteiger partial charge in [-0.15, -0.1) is 0 Å². The van der Waals surface area contributed by atoms with Crippen LogP contribution in [0.3, 0.4) is 0 Å². The van der Waals surface area contributed by atoms with Gasteiger partial charge in [-0.2, -0.15) is 0 Å². The maximum absolute atomic E-state index is 13.4. The van der Waals surface area contributed by atoms with Gasteiger partial charge in [0.05, 0.1) is 10.8 Å². The van der Waals surface area contributed by atoms with Crippen LogP contribution < -0.4 is 10.3 Å². The summed E-state index contributed by atoms with van der Waals surface area (Å²) in [5.74, 6) is -1.97. The van der Waals surface area contributed by atoms with Crippen LogP contribution in [0.2, 0.25) is 0 Å². The molecule has 0 radical (unpaired) electrons. The van der Waals surface area contributed by atoms with E-state index in [1.165, 1.54) is 42.5 Å². The normalized spacial score (nSPS) is 12.5. The number of fused-ring (bicyclic) bond motifs is 2. The second kappa shape index (κ2) is 9.39. The second-order valence-electron chi connectivity index (χ2n) is 8.41. The van der Waals surface area contributed by atoms with E-state index in [0.717, 1.165) is 10.8 Å². The van der Waals surface area contributed by atoms with Crippen LogP contribution >= 0.6 is 0 Å². The van der Waals surface area contributed by atoms with Gasteiger partial charge in [0, 0.05) is 11.5 Å². The number of rotatable bonds is 6. The molecule has 5 rings (SSSR count). The van der Waals surface area contributed by atoms with E-state index in [1.54, 1.807) is 18.2 Å². The fraction of sp³-hybridized carbons (Fsp3) is 0.0714. The molecule has 0 fully saturated rings. The van der Waals surface area contributed by atoms with Crippen LogP contribution in [0.5, 0.6) is 0 Å². The zero-order valence-corrected chi connectivity index (χ0v) is 19.7. The Morgan fingerprint density at radius 2 is 1.56 bits per heavy atom. The molecule has 1 amide bonds. The van der Waals surface area contributed by atoms with Gasteiger partial charge < -0.3 is 4.42 Å². The third-order valence-corrected chi connectivity index (χ3v) is 7.33. The quantitative estimate of drug-likeness (QED) is 0.334. The third kappa shape index (κ3) is 4.89. The SMILES string of the molecule is O=C(NS(=O)(=O)c1ccc2oc(=O)ccc2c1)C(Cc1ccc(F)cc1)c1ccc2ccccc2c1. The summed E-state index contributed by atoms with van der Waals surface area (Å²) in [6.45, 7) is 0. The van der Waals surface area contributed by atoms with E-state index < -0.39 is 33.3 Å². The highest BCUT2D eigenvalue weighted by atomic mass is 32.2. The summed E-state index contributed by atoms with van der Waals surface area (Å²) in [5.41, 5.74) is 0.998. The van der Waals surface area contributed by atoms with Crippen molar-refractivity contribution < 1.29 is 22.0 Å². The first-order valence-corrected chi connectivity index (χ1v) is 12.6. The Hall–Kier alpha value is -4.30. The fourth-order valence-corrected chi connectivity index (χ4v) is 5.18. The number of hydrogen-bond donors (Lipinski definition) is 1. The van der Waals surface area contributed by atoms with Crippen molar-refractivity contribution in [1.29, 1.82) is 0 Å². The summed E-state index contributed by atoms with van der Waals surface area (Å²) in [7, 11) is -4.23. The fourth-order valence-electron chi connectivity index (χ4n) is 4.12. The van der Waals surface area contributed by atoms with Crippen LogP contribution in [0.15, 0.2) is 111 Å². The minimum Gasteiger partial charge on any atom is -0.423 e. The van der Waals surface area contributed by atoms with Crippen LogP contribution in [-0.2, 0) is 21.2 Å². The minimum atomic E-state index is -4.23. The zero-order chi connectivity index (χ0) is 25.3. The summed E-state index contributed by atoms with van der Waals surface area (Å²) in [5, 5.41) is 2.30. The van der Waals surface area contributed by atoms with Gasteiger partial charge in [0.1, 0.15) is 11.4 Å². The molecule has 180 valence electrons. The van der Waals surface area contributed by atoms with Crippen molar-refractivity contribution in [1.82, 2.24) is 4.72 Å². The molecule has 0 aliphatic carbocycles. The molecule has 0 aliphatic rings. The van der Waals surface area contributed by atoms with Crippen molar-refractivity contribution in [3.63, 3.8) is 0 Å². The van der Waals surface area contributed by atoms with Gasteiger partial charge >= 0.3 is 5.63 Å². The number of carbonyl (C=O) groups excluding carboxylic acids is 1. The van der Waals surface area contributed by atoms with Crippen molar-refractivity contribution in [2.45, 2.75) is 17.2 Å². The molecule has 0 saturated carbocycles. The topological polar surface area (TPSA) is 93.4 Å². The van der Waals surface area contributed by atoms with Gasteiger partial charge in [0.2, 0.25) is 5.91 Å². The maximum atomic E-state index is 13.4. The average molecular weight is 502 g/mol. The van der Waals surface area contributed by atoms with Crippen LogP contribution in [0.1, 0.15) is 17.0 Å². The molecular weight excluding hydrogens is 481 g/mol. The van der Waals surface area contributed by atoms with Crippen molar-refractivity contribution in [2.75, 3.05) is 0 Å². The molecule has 36 heavy (non-hydrogen) atoms. The van der Waals surface area contributed by atoms with Gasteiger partial charge in [-0.25, -0.2) is 22.3 Å². The van der Waals surface area contributed by atoms with Crippen LogP contribution in [-0.4, -0.2) is 14.3 Å². The van der Waals surface area contributed by atoms with Gasteiger partial charge in [-0.1, -0.05) is 54.6 Å². The summed E-state index contributed by atoms with van der Waals surface area (Å²) in [4.78, 5) is 24.7. The molecule has 8 heteroatoms. The number of hydrogen-bond acceptors (Lipinski definition) is 5. The highest BCUT2D eigenvalue weighted by Gasteiger charge is 2.27. The Labute approximate surface area is 206 Å². The molecule has 0 bridgehead atoms. The van der Waals surface area contributed by atoms with Crippen molar-refractivity contribution in [3.8, 4) is 0 Å². The summed E-state index contributed by atoms with van der Waals surface area (Å²) >= 11 is 0. The molecule has 1 atom stereocenters. The standard InChI is InChI=1S/C28H20FNO5S/c29-23-10-5-18(6-11-23)15-25(21-8-7-19-3-1-2-4-20(19)16-21)28(32)30-36(33,34)24-12-13-26-22(17-24)9-14-27(31)35-26/h1-14,16-17,25H,15H2,(H,30,32). The highest BCUT2D eigenvalue weighted by Crippen LogP contribution is 2.27. The Bertz CT molecular complexity index is 1760. The molecule has 0 saturated heterocycles. The Kier molecular flexibility index (Phi) is 6.12. The minimum absolute atomic E-state index is 0.142. The Balaban J connectivity index is 1.50. The monoisotopic (exact) mass is 501 g/mol. The second-order valence-corrected chi connectivity index (χ2v) is 10.1. The number of sulfonamides is 1. The lowest BCUT2D eigenvalue weighted by atomic mass is 9.90. The predicted octanol–water partition coefficient (Wildman–Crippen LogP) is 4.92. The highest BCUT2D eigenvalue weighted by molar-refractivity contribution is 7.90. The summed E-state index contributed by atoms with van der Waals surface area (Å²) in [6.07, 6.45) is 0.169. The van der Waals surface area contributed by atoms with Crippen LogP contribution in [0, 0.1) is 5.82 Å². The molecular formula is C28H20FNO5S. The first kappa shape index (κ1) is 23.4. The molecule has 1 heterocycles. The summed E-state index contributed by atoms with van der Waals surface area (Å²) in [6, 6.07) is 25.5. The Morgan fingerprint density at radius 3 is 2.33 bits per heavy atom. The number of halogens is 1. The summed E-state index contributed by atoms with van der Waals surface area (Å²) < 4.78 is 46.9. The third-order valence-electron chi connectivity index (χ3n) is 5.98. The van der Waals surface area contributed by atoms with E-state index in [0.29, 0.717) is 16.5 Å². The number of amides is 1. The molecule has 5 aromatic rings. The maximum Gasteiger partial charge on any atom is 0.336 e. The largest absolute Gasteiger partial charge is 0.423 e. The van der Waals surface area contributed by atoms with E-state index in [2.05, 4.69) is 4.72 Å². The van der Waals surface area contributed by atoms with Crippen LogP contribution in [0.25, 0.3) is 21.7 Å². The smallest absolute Gasteiger partial charge is 0.336 e. The van der Waals surface area contributed by atoms with Crippen LogP contribution in [0.4, 0.5) is 4.39 Å². The van der Waals surface area contributed by atoms with Crippen molar-refractivity contribution in [3.05, 3.63) is 124 Å². The number of carbonyl (C=O) groups is 1. The molecule has 1 aromatic heterocycles. The average Bonchev–Trinajstić information content (AvgIpc) is 2.87. The van der Waals surface area contributed by atoms with Gasteiger partial charge in [-0.05, 0) is 64.7 Å². The van der Waals surface area contributed by atoms with Gasteiger partial charge in [0.25, 0.3) is 10.0 Å². The predicted molar refractivity (Wildman–Crippen MR) is 135 cm³/mol. The molecule has 0 aliphatic heterocycles. The van der Waals surface area contributed by atoms with Crippen molar-refractivity contribution in [2.24, 2.45) is 0 Å². The molecule has 4 aromatic carbocycles. The first-order chi connectivity index (χ1) is 17.3. The lowest BCUT2D eigenvalue weighted by molar-refractivity contribution is -0.120.